The fourth-order valence-corrected chi connectivity index (χ4v) is 1.83. The van der Waals surface area contributed by atoms with Crippen LogP contribution in [0.5, 0.6) is 5.75 Å². The van der Waals surface area contributed by atoms with Gasteiger partial charge in [0.25, 0.3) is 5.91 Å². The van der Waals surface area contributed by atoms with Gasteiger partial charge in [-0.3, -0.25) is 14.4 Å². The van der Waals surface area contributed by atoms with Gasteiger partial charge in [-0.05, 0) is 24.5 Å². The smallest absolute Gasteiger partial charge is 0.387 e. The zero-order valence-electron chi connectivity index (χ0n) is 14.6. The molecule has 0 radical (unpaired) electrons. The topological polar surface area (TPSA) is 93.7 Å². The van der Waals surface area contributed by atoms with Gasteiger partial charge in [0.2, 0.25) is 5.91 Å². The van der Waals surface area contributed by atoms with Crippen molar-refractivity contribution in [3.63, 3.8) is 0 Å². The second-order valence-corrected chi connectivity index (χ2v) is 5.79. The highest BCUT2D eigenvalue weighted by atomic mass is 19.3. The summed E-state index contributed by atoms with van der Waals surface area (Å²) < 4.78 is 33.6. The largest absolute Gasteiger partial charge is 0.454 e. The molecule has 1 aromatic carbocycles. The summed E-state index contributed by atoms with van der Waals surface area (Å²) in [7, 11) is 0. The number of rotatable bonds is 10. The molecule has 0 spiro atoms. The maximum Gasteiger partial charge on any atom is 0.387 e. The Balaban J connectivity index is 2.36. The number of carbonyl (C=O) groups is 3. The van der Waals surface area contributed by atoms with E-state index in [1.807, 2.05) is 13.8 Å². The number of ether oxygens (including phenoxy) is 2. The van der Waals surface area contributed by atoms with Gasteiger partial charge in [-0.2, -0.15) is 8.78 Å². The van der Waals surface area contributed by atoms with Gasteiger partial charge in [0.05, 0.1) is 5.69 Å². The van der Waals surface area contributed by atoms with Crippen LogP contribution in [-0.2, 0) is 19.1 Å². The molecule has 1 aromatic rings. The molecule has 144 valence electrons. The average Bonchev–Trinajstić information content (AvgIpc) is 2.57. The van der Waals surface area contributed by atoms with E-state index in [9.17, 15) is 23.2 Å². The summed E-state index contributed by atoms with van der Waals surface area (Å²) in [5.74, 6) is -1.63. The van der Waals surface area contributed by atoms with Crippen molar-refractivity contribution in [3.05, 3.63) is 24.3 Å². The van der Waals surface area contributed by atoms with Crippen molar-refractivity contribution in [2.75, 3.05) is 18.5 Å². The van der Waals surface area contributed by atoms with Crippen molar-refractivity contribution in [2.45, 2.75) is 33.3 Å². The third-order valence-electron chi connectivity index (χ3n) is 3.12. The number of hydrogen-bond donors (Lipinski definition) is 2. The average molecular weight is 372 g/mol. The van der Waals surface area contributed by atoms with E-state index in [-0.39, 0.29) is 23.9 Å². The molecule has 0 aliphatic heterocycles. The first-order valence-corrected chi connectivity index (χ1v) is 8.04. The number of esters is 1. The number of anilines is 1. The number of para-hydroxylation sites is 2. The van der Waals surface area contributed by atoms with E-state index < -0.39 is 25.1 Å². The molecule has 0 aliphatic carbocycles. The highest BCUT2D eigenvalue weighted by Gasteiger charge is 2.13. The van der Waals surface area contributed by atoms with Crippen molar-refractivity contribution < 1.29 is 32.6 Å². The predicted molar refractivity (Wildman–Crippen MR) is 89.7 cm³/mol. The van der Waals surface area contributed by atoms with Crippen molar-refractivity contribution in [2.24, 2.45) is 5.92 Å². The number of halogens is 2. The first-order chi connectivity index (χ1) is 12.3. The fraction of sp³-hybridized carbons (Fsp3) is 0.471. The quantitative estimate of drug-likeness (QED) is 0.615. The van der Waals surface area contributed by atoms with Crippen LogP contribution in [0.25, 0.3) is 0 Å². The number of carbonyl (C=O) groups excluding carboxylic acids is 3. The predicted octanol–water partition coefficient (Wildman–Crippen LogP) is 2.32. The molecule has 0 fully saturated rings. The summed E-state index contributed by atoms with van der Waals surface area (Å²) >= 11 is 0. The standard InChI is InChI=1S/C17H22F2N2O5/c1-11(2)7-8-14(22)20-9-16(24)25-10-15(23)21-12-5-3-4-6-13(12)26-17(18)19/h3-6,11,17H,7-10H2,1-2H3,(H,20,22)(H,21,23). The van der Waals surface area contributed by atoms with Crippen LogP contribution in [0.3, 0.4) is 0 Å². The van der Waals surface area contributed by atoms with Gasteiger partial charge in [-0.25, -0.2) is 0 Å². The molecule has 1 rings (SSSR count). The molecular formula is C17H22F2N2O5. The Kier molecular flexibility index (Phi) is 9.04. The summed E-state index contributed by atoms with van der Waals surface area (Å²) in [6, 6.07) is 5.62. The van der Waals surface area contributed by atoms with Gasteiger partial charge in [0, 0.05) is 6.42 Å². The monoisotopic (exact) mass is 372 g/mol. The van der Waals surface area contributed by atoms with Crippen molar-refractivity contribution in [3.8, 4) is 5.75 Å². The Bertz CT molecular complexity index is 623. The van der Waals surface area contributed by atoms with Gasteiger partial charge >= 0.3 is 12.6 Å². The zero-order valence-corrected chi connectivity index (χ0v) is 14.6. The Morgan fingerprint density at radius 3 is 2.46 bits per heavy atom. The molecule has 0 unspecified atom stereocenters. The summed E-state index contributed by atoms with van der Waals surface area (Å²) in [6.07, 6.45) is 0.996. The Morgan fingerprint density at radius 1 is 1.12 bits per heavy atom. The molecule has 7 nitrogen and oxygen atoms in total. The van der Waals surface area contributed by atoms with E-state index in [0.717, 1.165) is 0 Å². The highest BCUT2D eigenvalue weighted by molar-refractivity contribution is 5.94. The summed E-state index contributed by atoms with van der Waals surface area (Å²) in [5, 5.41) is 4.70. The molecule has 0 saturated heterocycles. The molecule has 9 heteroatoms. The normalized spacial score (nSPS) is 10.5. The minimum atomic E-state index is -3.04. The third-order valence-corrected chi connectivity index (χ3v) is 3.12. The molecule has 0 heterocycles. The van der Waals surface area contributed by atoms with E-state index in [1.165, 1.54) is 24.3 Å². The van der Waals surface area contributed by atoms with Crippen molar-refractivity contribution in [1.29, 1.82) is 0 Å². The van der Waals surface area contributed by atoms with Crippen LogP contribution >= 0.6 is 0 Å². The SMILES string of the molecule is CC(C)CCC(=O)NCC(=O)OCC(=O)Nc1ccccc1OC(F)F. The van der Waals surface area contributed by atoms with Crippen LogP contribution in [0.15, 0.2) is 24.3 Å². The minimum Gasteiger partial charge on any atom is -0.454 e. The third kappa shape index (κ3) is 8.95. The van der Waals surface area contributed by atoms with E-state index in [2.05, 4.69) is 15.4 Å². The summed E-state index contributed by atoms with van der Waals surface area (Å²) in [4.78, 5) is 34.7. The summed E-state index contributed by atoms with van der Waals surface area (Å²) in [5.41, 5.74) is 0.0239. The van der Waals surface area contributed by atoms with E-state index >= 15 is 0 Å². The second kappa shape index (κ2) is 11.0. The van der Waals surface area contributed by atoms with Crippen molar-refractivity contribution in [1.82, 2.24) is 5.32 Å². The second-order valence-electron chi connectivity index (χ2n) is 5.79. The molecule has 0 aliphatic rings. The zero-order chi connectivity index (χ0) is 19.5. The lowest BCUT2D eigenvalue weighted by Crippen LogP contribution is -2.32. The number of hydrogen-bond acceptors (Lipinski definition) is 5. The van der Waals surface area contributed by atoms with Crippen LogP contribution in [0.4, 0.5) is 14.5 Å². The van der Waals surface area contributed by atoms with Crippen LogP contribution in [-0.4, -0.2) is 37.5 Å². The van der Waals surface area contributed by atoms with Gasteiger partial charge in [0.15, 0.2) is 6.61 Å². The minimum absolute atomic E-state index is 0.0239. The summed E-state index contributed by atoms with van der Waals surface area (Å²) in [6.45, 7) is -0.0564. The van der Waals surface area contributed by atoms with E-state index in [1.54, 1.807) is 0 Å². The van der Waals surface area contributed by atoms with Crippen LogP contribution < -0.4 is 15.4 Å². The first kappa shape index (κ1) is 21.3. The molecule has 26 heavy (non-hydrogen) atoms. The highest BCUT2D eigenvalue weighted by Crippen LogP contribution is 2.25. The van der Waals surface area contributed by atoms with E-state index in [4.69, 9.17) is 4.74 Å². The Hall–Kier alpha value is -2.71. The lowest BCUT2D eigenvalue weighted by atomic mass is 10.1. The number of nitrogens with one attached hydrogen (secondary N) is 2. The van der Waals surface area contributed by atoms with Gasteiger partial charge in [-0.1, -0.05) is 26.0 Å². The maximum atomic E-state index is 12.3. The molecule has 0 atom stereocenters. The van der Waals surface area contributed by atoms with Crippen LogP contribution in [0.2, 0.25) is 0 Å². The fourth-order valence-electron chi connectivity index (χ4n) is 1.83. The van der Waals surface area contributed by atoms with Gasteiger partial charge in [-0.15, -0.1) is 0 Å². The lowest BCUT2D eigenvalue weighted by molar-refractivity contribution is -0.147. The number of alkyl halides is 2. The van der Waals surface area contributed by atoms with Crippen LogP contribution in [0, 0.1) is 5.92 Å². The van der Waals surface area contributed by atoms with Gasteiger partial charge in [0.1, 0.15) is 12.3 Å². The van der Waals surface area contributed by atoms with Crippen LogP contribution in [0.1, 0.15) is 26.7 Å². The molecule has 0 aromatic heterocycles. The Morgan fingerprint density at radius 2 is 1.81 bits per heavy atom. The van der Waals surface area contributed by atoms with Gasteiger partial charge < -0.3 is 20.1 Å². The molecule has 0 bridgehead atoms. The molecule has 0 saturated carbocycles. The lowest BCUT2D eigenvalue weighted by Gasteiger charge is -2.12. The molecule has 2 N–H and O–H groups in total. The van der Waals surface area contributed by atoms with E-state index in [0.29, 0.717) is 18.8 Å². The number of benzene rings is 1. The molecular weight excluding hydrogens is 350 g/mol. The number of amides is 2. The first-order valence-electron chi connectivity index (χ1n) is 8.04. The maximum absolute atomic E-state index is 12.3. The van der Waals surface area contributed by atoms with Crippen molar-refractivity contribution >= 4 is 23.5 Å². The molecule has 2 amide bonds. The Labute approximate surface area is 150 Å².